The largest absolute Gasteiger partial charge is 0.331 e. The van der Waals surface area contributed by atoms with Gasteiger partial charge in [-0.05, 0) is 49.2 Å². The van der Waals surface area contributed by atoms with E-state index < -0.39 is 5.54 Å². The molecule has 0 heterocycles. The number of rotatable bonds is 3. The molecular weight excluding hydrogens is 242 g/mol. The molecule has 0 fully saturated rings. The van der Waals surface area contributed by atoms with Gasteiger partial charge in [0.15, 0.2) is 0 Å². The summed E-state index contributed by atoms with van der Waals surface area (Å²) < 4.78 is 0. The number of thioether (sulfide) groups is 1. The van der Waals surface area contributed by atoms with E-state index in [1.165, 1.54) is 5.56 Å². The fourth-order valence-electron chi connectivity index (χ4n) is 1.34. The van der Waals surface area contributed by atoms with E-state index in [2.05, 4.69) is 25.1 Å². The van der Waals surface area contributed by atoms with Crippen molar-refractivity contribution in [1.29, 1.82) is 0 Å². The molecule has 1 amide bonds. The molecule has 0 aromatic heterocycles. The Balaban J connectivity index is 2.63. The average Bonchev–Trinajstić information content (AvgIpc) is 2.29. The number of terminal acetylenes is 1. The lowest BCUT2D eigenvalue weighted by atomic mass is 10.0. The van der Waals surface area contributed by atoms with Crippen LogP contribution in [0.1, 0.15) is 39.2 Å². The lowest BCUT2D eigenvalue weighted by Gasteiger charge is -2.18. The van der Waals surface area contributed by atoms with Crippen LogP contribution in [0.15, 0.2) is 29.2 Å². The second-order valence-electron chi connectivity index (χ2n) is 5.01. The van der Waals surface area contributed by atoms with Gasteiger partial charge in [0.2, 0.25) is 0 Å². The molecule has 96 valence electrons. The summed E-state index contributed by atoms with van der Waals surface area (Å²) in [6.45, 7) is 7.88. The Morgan fingerprint density at radius 1 is 1.33 bits per heavy atom. The number of carbonyl (C=O) groups is 1. The molecule has 0 atom stereocenters. The highest BCUT2D eigenvalue weighted by molar-refractivity contribution is 8.13. The van der Waals surface area contributed by atoms with Gasteiger partial charge in [-0.25, -0.2) is 0 Å². The lowest BCUT2D eigenvalue weighted by molar-refractivity contribution is 0.256. The summed E-state index contributed by atoms with van der Waals surface area (Å²) in [5, 5.41) is 2.65. The zero-order valence-corrected chi connectivity index (χ0v) is 12.1. The Hall–Kier alpha value is -1.40. The van der Waals surface area contributed by atoms with Crippen LogP contribution in [0, 0.1) is 12.3 Å². The summed E-state index contributed by atoms with van der Waals surface area (Å²) in [6.07, 6.45) is 5.33. The molecule has 3 heteroatoms. The minimum Gasteiger partial charge on any atom is -0.331 e. The zero-order valence-electron chi connectivity index (χ0n) is 11.3. The number of hydrogen-bond acceptors (Lipinski definition) is 2. The van der Waals surface area contributed by atoms with Gasteiger partial charge in [0.1, 0.15) is 0 Å². The smallest absolute Gasteiger partial charge is 0.285 e. The number of nitrogens with one attached hydrogen (secondary N) is 1. The molecule has 0 aliphatic carbocycles. The average molecular weight is 261 g/mol. The van der Waals surface area contributed by atoms with E-state index in [-0.39, 0.29) is 5.24 Å². The van der Waals surface area contributed by atoms with Crippen LogP contribution in [0.25, 0.3) is 0 Å². The third-order valence-electron chi connectivity index (χ3n) is 2.53. The van der Waals surface area contributed by atoms with Crippen LogP contribution in [-0.4, -0.2) is 10.8 Å². The van der Waals surface area contributed by atoms with Crippen molar-refractivity contribution in [3.63, 3.8) is 0 Å². The Bertz CT molecular complexity index is 454. The zero-order chi connectivity index (χ0) is 13.8. The topological polar surface area (TPSA) is 29.1 Å². The predicted octanol–water partition coefficient (Wildman–Crippen LogP) is 4.02. The first-order valence-electron chi connectivity index (χ1n) is 5.92. The number of benzene rings is 1. The number of carbonyl (C=O) groups excluding carboxylic acids is 1. The molecule has 1 rings (SSSR count). The normalized spacial score (nSPS) is 11.1. The molecule has 0 bridgehead atoms. The third-order valence-corrected chi connectivity index (χ3v) is 3.33. The van der Waals surface area contributed by atoms with Crippen molar-refractivity contribution in [3.8, 4) is 12.3 Å². The maximum Gasteiger partial charge on any atom is 0.285 e. The molecule has 0 aliphatic rings. The summed E-state index contributed by atoms with van der Waals surface area (Å²) in [5.41, 5.74) is 0.658. The Morgan fingerprint density at radius 3 is 2.33 bits per heavy atom. The lowest BCUT2D eigenvalue weighted by Crippen LogP contribution is -2.39. The SMILES string of the molecule is C#CC(C)(C)NC(=O)Sc1ccc(C(C)C)cc1. The van der Waals surface area contributed by atoms with E-state index in [0.717, 1.165) is 16.7 Å². The molecular formula is C15H19NOS. The molecule has 0 saturated heterocycles. The third kappa shape index (κ3) is 4.46. The van der Waals surface area contributed by atoms with Crippen molar-refractivity contribution in [2.75, 3.05) is 0 Å². The van der Waals surface area contributed by atoms with Gasteiger partial charge in [-0.2, -0.15) is 0 Å². The summed E-state index contributed by atoms with van der Waals surface area (Å²) in [4.78, 5) is 12.7. The van der Waals surface area contributed by atoms with Gasteiger partial charge in [0.25, 0.3) is 5.24 Å². The van der Waals surface area contributed by atoms with Crippen LogP contribution < -0.4 is 5.32 Å². The Labute approximate surface area is 114 Å². The van der Waals surface area contributed by atoms with Crippen LogP contribution in [0.2, 0.25) is 0 Å². The van der Waals surface area contributed by atoms with Crippen LogP contribution in [0.3, 0.4) is 0 Å². The Kier molecular flexibility index (Phi) is 4.86. The number of amides is 1. The molecule has 0 saturated carbocycles. The van der Waals surface area contributed by atoms with E-state index in [9.17, 15) is 4.79 Å². The van der Waals surface area contributed by atoms with Gasteiger partial charge in [-0.3, -0.25) is 4.79 Å². The second kappa shape index (κ2) is 5.97. The highest BCUT2D eigenvalue weighted by atomic mass is 32.2. The fraction of sp³-hybridized carbons (Fsp3) is 0.400. The van der Waals surface area contributed by atoms with Gasteiger partial charge in [-0.1, -0.05) is 31.9 Å². The van der Waals surface area contributed by atoms with Crippen molar-refractivity contribution in [1.82, 2.24) is 5.32 Å². The molecule has 1 aromatic carbocycles. The predicted molar refractivity (Wildman–Crippen MR) is 77.8 cm³/mol. The molecule has 18 heavy (non-hydrogen) atoms. The fourth-order valence-corrected chi connectivity index (χ4v) is 2.14. The van der Waals surface area contributed by atoms with Crippen LogP contribution in [-0.2, 0) is 0 Å². The molecule has 2 nitrogen and oxygen atoms in total. The van der Waals surface area contributed by atoms with Gasteiger partial charge >= 0.3 is 0 Å². The van der Waals surface area contributed by atoms with Crippen molar-refractivity contribution in [3.05, 3.63) is 29.8 Å². The molecule has 0 aliphatic heterocycles. The van der Waals surface area contributed by atoms with Crippen LogP contribution in [0.4, 0.5) is 4.79 Å². The second-order valence-corrected chi connectivity index (χ2v) is 6.05. The molecule has 0 spiro atoms. The van der Waals surface area contributed by atoms with Gasteiger partial charge in [-0.15, -0.1) is 6.42 Å². The molecule has 1 aromatic rings. The van der Waals surface area contributed by atoms with Gasteiger partial charge in [0, 0.05) is 4.90 Å². The molecule has 0 radical (unpaired) electrons. The van der Waals surface area contributed by atoms with Gasteiger partial charge in [0.05, 0.1) is 5.54 Å². The highest BCUT2D eigenvalue weighted by Crippen LogP contribution is 2.22. The monoisotopic (exact) mass is 261 g/mol. The highest BCUT2D eigenvalue weighted by Gasteiger charge is 2.17. The van der Waals surface area contributed by atoms with E-state index in [1.54, 1.807) is 13.8 Å². The van der Waals surface area contributed by atoms with Crippen molar-refractivity contribution < 1.29 is 4.79 Å². The van der Waals surface area contributed by atoms with Crippen molar-refractivity contribution >= 4 is 17.0 Å². The van der Waals surface area contributed by atoms with E-state index in [1.807, 2.05) is 24.3 Å². The van der Waals surface area contributed by atoms with E-state index >= 15 is 0 Å². The summed E-state index contributed by atoms with van der Waals surface area (Å²) >= 11 is 1.16. The van der Waals surface area contributed by atoms with E-state index in [0.29, 0.717) is 5.92 Å². The minimum absolute atomic E-state index is 0.129. The molecule has 1 N–H and O–H groups in total. The maximum absolute atomic E-state index is 11.8. The van der Waals surface area contributed by atoms with Crippen molar-refractivity contribution in [2.24, 2.45) is 0 Å². The standard InChI is InChI=1S/C15H19NOS/c1-6-15(4,5)16-14(17)18-13-9-7-12(8-10-13)11(2)3/h1,7-11H,2-5H3,(H,16,17). The summed E-state index contributed by atoms with van der Waals surface area (Å²) in [6, 6.07) is 8.02. The maximum atomic E-state index is 11.8. The summed E-state index contributed by atoms with van der Waals surface area (Å²) in [7, 11) is 0. The van der Waals surface area contributed by atoms with Gasteiger partial charge < -0.3 is 5.32 Å². The van der Waals surface area contributed by atoms with Crippen LogP contribution in [0.5, 0.6) is 0 Å². The first-order chi connectivity index (χ1) is 8.34. The summed E-state index contributed by atoms with van der Waals surface area (Å²) in [5.74, 6) is 3.04. The van der Waals surface area contributed by atoms with Crippen molar-refractivity contribution in [2.45, 2.75) is 44.0 Å². The quantitative estimate of drug-likeness (QED) is 0.657. The van der Waals surface area contributed by atoms with Crippen LogP contribution >= 0.6 is 11.8 Å². The van der Waals surface area contributed by atoms with E-state index in [4.69, 9.17) is 6.42 Å². The minimum atomic E-state index is -0.609. The first kappa shape index (κ1) is 14.7. The molecule has 0 unspecified atom stereocenters. The number of hydrogen-bond donors (Lipinski definition) is 1. The first-order valence-corrected chi connectivity index (χ1v) is 6.73. The Morgan fingerprint density at radius 2 is 1.89 bits per heavy atom.